The zero-order valence-electron chi connectivity index (χ0n) is 13.5. The molecular weight excluding hydrogens is 230 g/mol. The molecule has 1 aromatic rings. The maximum absolute atomic E-state index is 3.63. The third kappa shape index (κ3) is 4.99. The van der Waals surface area contributed by atoms with Gasteiger partial charge in [-0.3, -0.25) is 0 Å². The van der Waals surface area contributed by atoms with Crippen molar-refractivity contribution in [3.8, 4) is 0 Å². The van der Waals surface area contributed by atoms with Crippen molar-refractivity contribution in [2.45, 2.75) is 59.9 Å². The van der Waals surface area contributed by atoms with Crippen molar-refractivity contribution in [1.82, 2.24) is 5.32 Å². The summed E-state index contributed by atoms with van der Waals surface area (Å²) in [6, 6.07) is 9.79. The molecule has 0 heterocycles. The number of hydrogen-bond donors (Lipinski definition) is 1. The van der Waals surface area contributed by atoms with Crippen molar-refractivity contribution >= 4 is 0 Å². The van der Waals surface area contributed by atoms with E-state index in [1.54, 1.807) is 0 Å². The Balaban J connectivity index is 2.78. The third-order valence-corrected chi connectivity index (χ3v) is 3.85. The van der Waals surface area contributed by atoms with Gasteiger partial charge in [0.2, 0.25) is 0 Å². The summed E-state index contributed by atoms with van der Waals surface area (Å²) >= 11 is 0. The standard InChI is InChI=1S/C18H31N/c1-7-19-18(14(4)5)15(6)17-10-8-16(9-11-17)12-13(2)3/h8-11,13-15,18-19H,7,12H2,1-6H3. The summed E-state index contributed by atoms with van der Waals surface area (Å²) in [6.07, 6.45) is 1.18. The summed E-state index contributed by atoms with van der Waals surface area (Å²) in [6.45, 7) is 14.7. The summed E-state index contributed by atoms with van der Waals surface area (Å²) in [5, 5.41) is 3.63. The van der Waals surface area contributed by atoms with E-state index in [1.807, 2.05) is 0 Å². The molecule has 0 bridgehead atoms. The van der Waals surface area contributed by atoms with Crippen LogP contribution in [0.3, 0.4) is 0 Å². The van der Waals surface area contributed by atoms with Gasteiger partial charge in [0, 0.05) is 6.04 Å². The molecule has 0 aliphatic heterocycles. The molecule has 2 unspecified atom stereocenters. The van der Waals surface area contributed by atoms with Gasteiger partial charge in [-0.1, -0.05) is 65.8 Å². The van der Waals surface area contributed by atoms with Crippen molar-refractivity contribution in [2.24, 2.45) is 11.8 Å². The topological polar surface area (TPSA) is 12.0 Å². The van der Waals surface area contributed by atoms with Crippen LogP contribution in [-0.2, 0) is 6.42 Å². The first-order valence-corrected chi connectivity index (χ1v) is 7.77. The smallest absolute Gasteiger partial charge is 0.0156 e. The molecule has 108 valence electrons. The highest BCUT2D eigenvalue weighted by atomic mass is 14.9. The summed E-state index contributed by atoms with van der Waals surface area (Å²) in [7, 11) is 0. The Morgan fingerprint density at radius 2 is 1.53 bits per heavy atom. The van der Waals surface area contributed by atoms with Crippen LogP contribution in [0.5, 0.6) is 0 Å². The van der Waals surface area contributed by atoms with Crippen molar-refractivity contribution in [3.05, 3.63) is 35.4 Å². The molecular formula is C18H31N. The lowest BCUT2D eigenvalue weighted by atomic mass is 9.86. The molecule has 2 atom stereocenters. The van der Waals surface area contributed by atoms with E-state index in [4.69, 9.17) is 0 Å². The molecule has 19 heavy (non-hydrogen) atoms. The second-order valence-corrected chi connectivity index (χ2v) is 6.46. The van der Waals surface area contributed by atoms with Crippen LogP contribution in [0.2, 0.25) is 0 Å². The van der Waals surface area contributed by atoms with E-state index in [0.717, 1.165) is 12.5 Å². The van der Waals surface area contributed by atoms with Crippen LogP contribution in [0.25, 0.3) is 0 Å². The first-order valence-electron chi connectivity index (χ1n) is 7.77. The summed E-state index contributed by atoms with van der Waals surface area (Å²) in [5.74, 6) is 1.95. The highest BCUT2D eigenvalue weighted by Crippen LogP contribution is 2.24. The summed E-state index contributed by atoms with van der Waals surface area (Å²) in [5.41, 5.74) is 2.91. The Kier molecular flexibility index (Phi) is 6.57. The second kappa shape index (κ2) is 7.69. The highest BCUT2D eigenvalue weighted by Gasteiger charge is 2.21. The maximum atomic E-state index is 3.63. The van der Waals surface area contributed by atoms with Crippen LogP contribution >= 0.6 is 0 Å². The van der Waals surface area contributed by atoms with Crippen molar-refractivity contribution in [2.75, 3.05) is 6.54 Å². The fraction of sp³-hybridized carbons (Fsp3) is 0.667. The number of hydrogen-bond acceptors (Lipinski definition) is 1. The van der Waals surface area contributed by atoms with E-state index in [1.165, 1.54) is 17.5 Å². The van der Waals surface area contributed by atoms with Crippen LogP contribution in [-0.4, -0.2) is 12.6 Å². The summed E-state index contributed by atoms with van der Waals surface area (Å²) < 4.78 is 0. The molecule has 0 saturated carbocycles. The second-order valence-electron chi connectivity index (χ2n) is 6.46. The average molecular weight is 261 g/mol. The monoisotopic (exact) mass is 261 g/mol. The van der Waals surface area contributed by atoms with Gasteiger partial charge in [-0.25, -0.2) is 0 Å². The van der Waals surface area contributed by atoms with Gasteiger partial charge in [0.1, 0.15) is 0 Å². The number of rotatable bonds is 7. The number of likely N-dealkylation sites (N-methyl/N-ethyl adjacent to an activating group) is 1. The molecule has 1 heteroatoms. The fourth-order valence-electron chi connectivity index (χ4n) is 2.86. The number of nitrogens with one attached hydrogen (secondary N) is 1. The quantitative estimate of drug-likeness (QED) is 0.755. The lowest BCUT2D eigenvalue weighted by Gasteiger charge is -2.28. The van der Waals surface area contributed by atoms with Gasteiger partial charge in [0.05, 0.1) is 0 Å². The molecule has 1 rings (SSSR count). The Hall–Kier alpha value is -0.820. The predicted octanol–water partition coefficient (Wildman–Crippen LogP) is 4.62. The first-order chi connectivity index (χ1) is 8.95. The van der Waals surface area contributed by atoms with Gasteiger partial charge < -0.3 is 5.32 Å². The van der Waals surface area contributed by atoms with Gasteiger partial charge in [-0.15, -0.1) is 0 Å². The zero-order chi connectivity index (χ0) is 14.4. The van der Waals surface area contributed by atoms with Crippen molar-refractivity contribution in [3.63, 3.8) is 0 Å². The summed E-state index contributed by atoms with van der Waals surface area (Å²) in [4.78, 5) is 0. The van der Waals surface area contributed by atoms with Gasteiger partial charge in [0.25, 0.3) is 0 Å². The van der Waals surface area contributed by atoms with Crippen LogP contribution in [0, 0.1) is 11.8 Å². The molecule has 0 spiro atoms. The van der Waals surface area contributed by atoms with Gasteiger partial charge in [0.15, 0.2) is 0 Å². The molecule has 0 radical (unpaired) electrons. The van der Waals surface area contributed by atoms with Crippen molar-refractivity contribution in [1.29, 1.82) is 0 Å². The Morgan fingerprint density at radius 1 is 0.947 bits per heavy atom. The van der Waals surface area contributed by atoms with Gasteiger partial charge in [-0.05, 0) is 41.8 Å². The zero-order valence-corrected chi connectivity index (χ0v) is 13.5. The third-order valence-electron chi connectivity index (χ3n) is 3.85. The van der Waals surface area contributed by atoms with Crippen LogP contribution < -0.4 is 5.32 Å². The Labute approximate surface area is 119 Å². The molecule has 0 aromatic heterocycles. The van der Waals surface area contributed by atoms with E-state index < -0.39 is 0 Å². The van der Waals surface area contributed by atoms with Gasteiger partial charge in [-0.2, -0.15) is 0 Å². The lowest BCUT2D eigenvalue weighted by molar-refractivity contribution is 0.360. The van der Waals surface area contributed by atoms with Gasteiger partial charge >= 0.3 is 0 Å². The largest absolute Gasteiger partial charge is 0.313 e. The van der Waals surface area contributed by atoms with Crippen LogP contribution in [0.4, 0.5) is 0 Å². The fourth-order valence-corrected chi connectivity index (χ4v) is 2.86. The van der Waals surface area contributed by atoms with E-state index in [0.29, 0.717) is 17.9 Å². The molecule has 0 aliphatic carbocycles. The SMILES string of the molecule is CCNC(C(C)C)C(C)c1ccc(CC(C)C)cc1. The number of benzene rings is 1. The Morgan fingerprint density at radius 3 is 1.95 bits per heavy atom. The van der Waals surface area contributed by atoms with Crippen molar-refractivity contribution < 1.29 is 0 Å². The lowest BCUT2D eigenvalue weighted by Crippen LogP contribution is -2.38. The maximum Gasteiger partial charge on any atom is 0.0156 e. The minimum atomic E-state index is 0.556. The highest BCUT2D eigenvalue weighted by molar-refractivity contribution is 5.26. The molecule has 1 aromatic carbocycles. The normalized spacial score (nSPS) is 14.9. The minimum Gasteiger partial charge on any atom is -0.313 e. The molecule has 0 aliphatic rings. The molecule has 0 fully saturated rings. The van der Waals surface area contributed by atoms with Crippen LogP contribution in [0.1, 0.15) is 58.6 Å². The van der Waals surface area contributed by atoms with E-state index >= 15 is 0 Å². The molecule has 0 saturated heterocycles. The molecule has 1 N–H and O–H groups in total. The molecule has 0 amide bonds. The molecule has 1 nitrogen and oxygen atoms in total. The minimum absolute atomic E-state index is 0.556. The van der Waals surface area contributed by atoms with Crippen LogP contribution in [0.15, 0.2) is 24.3 Å². The van der Waals surface area contributed by atoms with E-state index in [9.17, 15) is 0 Å². The Bertz CT molecular complexity index is 350. The predicted molar refractivity (Wildman–Crippen MR) is 85.7 cm³/mol. The van der Waals surface area contributed by atoms with E-state index in [-0.39, 0.29) is 0 Å². The first kappa shape index (κ1) is 16.2. The average Bonchev–Trinajstić information content (AvgIpc) is 2.35. The van der Waals surface area contributed by atoms with E-state index in [2.05, 4.69) is 71.1 Å².